The molecule has 2 N–H and O–H groups in total. The molecule has 1 heterocycles. The molecule has 0 aliphatic carbocycles. The number of hydrogen-bond acceptors (Lipinski definition) is 4. The zero-order valence-electron chi connectivity index (χ0n) is 9.71. The van der Waals surface area contributed by atoms with Gasteiger partial charge in [0.05, 0.1) is 21.9 Å². The number of para-hydroxylation sites is 1. The third kappa shape index (κ3) is 2.70. The monoisotopic (exact) mass is 264 g/mol. The van der Waals surface area contributed by atoms with Gasteiger partial charge in [-0.25, -0.2) is 4.98 Å². The smallest absolute Gasteiger partial charge is 0.313 e. The normalized spacial score (nSPS) is 12.5. The molecule has 0 spiro atoms. The summed E-state index contributed by atoms with van der Waals surface area (Å²) in [6.07, 6.45) is 0. The average Bonchev–Trinajstić information content (AvgIpc) is 2.36. The van der Waals surface area contributed by atoms with Gasteiger partial charge in [0.25, 0.3) is 5.56 Å². The highest BCUT2D eigenvalue weighted by molar-refractivity contribution is 8.00. The van der Waals surface area contributed by atoms with Crippen LogP contribution in [-0.4, -0.2) is 26.8 Å². The van der Waals surface area contributed by atoms with Crippen LogP contribution in [0.1, 0.15) is 18.0 Å². The molecular formula is C12H12N2O3S. The first-order chi connectivity index (χ1) is 8.58. The van der Waals surface area contributed by atoms with Gasteiger partial charge in [-0.1, -0.05) is 12.1 Å². The molecule has 2 aromatic rings. The molecule has 0 radical (unpaired) electrons. The van der Waals surface area contributed by atoms with Gasteiger partial charge >= 0.3 is 5.97 Å². The van der Waals surface area contributed by atoms with E-state index in [4.69, 9.17) is 5.11 Å². The number of hydrogen-bond donors (Lipinski definition) is 2. The van der Waals surface area contributed by atoms with Crippen molar-refractivity contribution in [1.29, 1.82) is 0 Å². The molecule has 2 rings (SSSR count). The second kappa shape index (κ2) is 5.22. The Hall–Kier alpha value is -1.82. The molecule has 0 fully saturated rings. The number of rotatable bonds is 4. The van der Waals surface area contributed by atoms with Crippen molar-refractivity contribution >= 4 is 28.6 Å². The lowest BCUT2D eigenvalue weighted by atomic mass is 10.2. The lowest BCUT2D eigenvalue weighted by Crippen LogP contribution is -2.13. The summed E-state index contributed by atoms with van der Waals surface area (Å²) in [5.41, 5.74) is 0.428. The molecule has 5 nitrogen and oxygen atoms in total. The molecular weight excluding hydrogens is 252 g/mol. The summed E-state index contributed by atoms with van der Waals surface area (Å²) in [6.45, 7) is 1.82. The van der Waals surface area contributed by atoms with Crippen LogP contribution in [0.2, 0.25) is 0 Å². The average molecular weight is 264 g/mol. The van der Waals surface area contributed by atoms with E-state index in [1.54, 1.807) is 18.2 Å². The van der Waals surface area contributed by atoms with Crippen LogP contribution in [0.3, 0.4) is 0 Å². The SMILES string of the molecule is C[C@@H](SCC(=O)O)c1nc2ccccc2c(=O)[nH]1. The van der Waals surface area contributed by atoms with Crippen LogP contribution in [-0.2, 0) is 4.79 Å². The number of aromatic amines is 1. The molecule has 0 saturated carbocycles. The van der Waals surface area contributed by atoms with Gasteiger partial charge in [0.2, 0.25) is 0 Å². The number of carboxylic acids is 1. The van der Waals surface area contributed by atoms with Crippen LogP contribution in [0.15, 0.2) is 29.1 Å². The summed E-state index contributed by atoms with van der Waals surface area (Å²) < 4.78 is 0. The zero-order chi connectivity index (χ0) is 13.1. The Kier molecular flexibility index (Phi) is 3.66. The van der Waals surface area contributed by atoms with E-state index in [2.05, 4.69) is 9.97 Å². The molecule has 0 aliphatic heterocycles. The third-order valence-corrected chi connectivity index (χ3v) is 3.61. The van der Waals surface area contributed by atoms with Crippen molar-refractivity contribution in [3.63, 3.8) is 0 Å². The highest BCUT2D eigenvalue weighted by Crippen LogP contribution is 2.25. The third-order valence-electron chi connectivity index (χ3n) is 2.47. The van der Waals surface area contributed by atoms with Gasteiger partial charge in [-0.05, 0) is 19.1 Å². The zero-order valence-corrected chi connectivity index (χ0v) is 10.5. The lowest BCUT2D eigenvalue weighted by molar-refractivity contribution is -0.133. The second-order valence-electron chi connectivity index (χ2n) is 3.82. The molecule has 0 aliphatic rings. The second-order valence-corrected chi connectivity index (χ2v) is 5.14. The van der Waals surface area contributed by atoms with E-state index in [0.717, 1.165) is 0 Å². The van der Waals surface area contributed by atoms with E-state index >= 15 is 0 Å². The molecule has 18 heavy (non-hydrogen) atoms. The van der Waals surface area contributed by atoms with E-state index in [1.165, 1.54) is 11.8 Å². The van der Waals surface area contributed by atoms with Gasteiger partial charge in [0, 0.05) is 0 Å². The van der Waals surface area contributed by atoms with E-state index in [-0.39, 0.29) is 16.6 Å². The Morgan fingerprint density at radius 3 is 2.94 bits per heavy atom. The summed E-state index contributed by atoms with van der Waals surface area (Å²) >= 11 is 1.22. The first kappa shape index (κ1) is 12.6. The molecule has 0 bridgehead atoms. The fourth-order valence-electron chi connectivity index (χ4n) is 1.57. The molecule has 0 amide bonds. The van der Waals surface area contributed by atoms with Crippen molar-refractivity contribution in [3.05, 3.63) is 40.4 Å². The van der Waals surface area contributed by atoms with Crippen LogP contribution in [0.4, 0.5) is 0 Å². The lowest BCUT2D eigenvalue weighted by Gasteiger charge is -2.09. The fraction of sp³-hybridized carbons (Fsp3) is 0.250. The summed E-state index contributed by atoms with van der Waals surface area (Å²) in [5.74, 6) is -0.391. The van der Waals surface area contributed by atoms with Gasteiger partial charge in [-0.3, -0.25) is 9.59 Å². The van der Waals surface area contributed by atoms with Crippen LogP contribution in [0.25, 0.3) is 10.9 Å². The largest absolute Gasteiger partial charge is 0.481 e. The highest BCUT2D eigenvalue weighted by Gasteiger charge is 2.12. The number of carbonyl (C=O) groups is 1. The first-order valence-corrected chi connectivity index (χ1v) is 6.45. The summed E-state index contributed by atoms with van der Waals surface area (Å²) in [4.78, 5) is 29.4. The molecule has 0 saturated heterocycles. The topological polar surface area (TPSA) is 83.0 Å². The fourth-order valence-corrected chi connectivity index (χ4v) is 2.23. The number of H-pyrrole nitrogens is 1. The molecule has 6 heteroatoms. The van der Waals surface area contributed by atoms with E-state index in [0.29, 0.717) is 16.7 Å². The van der Waals surface area contributed by atoms with Crippen molar-refractivity contribution in [3.8, 4) is 0 Å². The Morgan fingerprint density at radius 1 is 1.50 bits per heavy atom. The van der Waals surface area contributed by atoms with Gasteiger partial charge in [0.15, 0.2) is 0 Å². The van der Waals surface area contributed by atoms with E-state index in [1.807, 2.05) is 13.0 Å². The van der Waals surface area contributed by atoms with Crippen molar-refractivity contribution in [2.24, 2.45) is 0 Å². The summed E-state index contributed by atoms with van der Waals surface area (Å²) in [7, 11) is 0. The maximum absolute atomic E-state index is 11.8. The number of carboxylic acid groups (broad SMARTS) is 1. The van der Waals surface area contributed by atoms with Gasteiger partial charge in [-0.2, -0.15) is 0 Å². The Balaban J connectivity index is 2.34. The molecule has 0 unspecified atom stereocenters. The molecule has 1 aromatic heterocycles. The number of aromatic nitrogens is 2. The van der Waals surface area contributed by atoms with Crippen LogP contribution >= 0.6 is 11.8 Å². The number of thioether (sulfide) groups is 1. The van der Waals surface area contributed by atoms with Gasteiger partial charge < -0.3 is 10.1 Å². The Morgan fingerprint density at radius 2 is 2.22 bits per heavy atom. The van der Waals surface area contributed by atoms with Crippen molar-refractivity contribution in [2.45, 2.75) is 12.2 Å². The van der Waals surface area contributed by atoms with Crippen molar-refractivity contribution in [2.75, 3.05) is 5.75 Å². The first-order valence-electron chi connectivity index (χ1n) is 5.40. The summed E-state index contributed by atoms with van der Waals surface area (Å²) in [6, 6.07) is 7.07. The minimum Gasteiger partial charge on any atom is -0.481 e. The molecule has 1 atom stereocenters. The van der Waals surface area contributed by atoms with E-state index < -0.39 is 5.97 Å². The summed E-state index contributed by atoms with van der Waals surface area (Å²) in [5, 5.41) is 8.99. The quantitative estimate of drug-likeness (QED) is 0.879. The standard InChI is InChI=1S/C12H12N2O3S/c1-7(18-6-10(15)16)11-13-9-5-3-2-4-8(9)12(17)14-11/h2-5,7H,6H2,1H3,(H,15,16)(H,13,14,17)/t7-/m1/s1. The maximum atomic E-state index is 11.8. The van der Waals surface area contributed by atoms with Crippen LogP contribution in [0.5, 0.6) is 0 Å². The minimum absolute atomic E-state index is 0.0162. The van der Waals surface area contributed by atoms with Crippen molar-refractivity contribution in [1.82, 2.24) is 9.97 Å². The predicted octanol–water partition coefficient (Wildman–Crippen LogP) is 1.80. The van der Waals surface area contributed by atoms with Crippen molar-refractivity contribution < 1.29 is 9.90 Å². The Bertz CT molecular complexity index is 639. The molecule has 1 aromatic carbocycles. The number of nitrogens with one attached hydrogen (secondary N) is 1. The highest BCUT2D eigenvalue weighted by atomic mass is 32.2. The number of benzene rings is 1. The molecule has 94 valence electrons. The van der Waals surface area contributed by atoms with Crippen LogP contribution in [0, 0.1) is 0 Å². The van der Waals surface area contributed by atoms with Gasteiger partial charge in [-0.15, -0.1) is 11.8 Å². The van der Waals surface area contributed by atoms with Crippen LogP contribution < -0.4 is 5.56 Å². The number of aliphatic carboxylic acids is 1. The minimum atomic E-state index is -0.880. The number of nitrogens with zero attached hydrogens (tertiary/aromatic N) is 1. The maximum Gasteiger partial charge on any atom is 0.313 e. The Labute approximate surface area is 107 Å². The number of fused-ring (bicyclic) bond motifs is 1. The van der Waals surface area contributed by atoms with E-state index in [9.17, 15) is 9.59 Å². The van der Waals surface area contributed by atoms with Gasteiger partial charge in [0.1, 0.15) is 5.82 Å². The predicted molar refractivity (Wildman–Crippen MR) is 70.9 cm³/mol.